The van der Waals surface area contributed by atoms with Gasteiger partial charge in [-0.3, -0.25) is 18.7 Å². The Hall–Kier alpha value is -6.74. The molecule has 5 aromatic carbocycles. The Morgan fingerprint density at radius 2 is 1.02 bits per heavy atom. The van der Waals surface area contributed by atoms with E-state index in [2.05, 4.69) is 0 Å². The number of aromatic nitrogens is 7. The van der Waals surface area contributed by atoms with Gasteiger partial charge in [0.05, 0.1) is 16.4 Å². The van der Waals surface area contributed by atoms with Crippen LogP contribution in [-0.4, -0.2) is 33.5 Å². The Bertz CT molecular complexity index is 2710. The summed E-state index contributed by atoms with van der Waals surface area (Å²) in [7, 11) is 0. The zero-order valence-corrected chi connectivity index (χ0v) is 24.7. The highest BCUT2D eigenvalue weighted by Gasteiger charge is 2.26. The summed E-state index contributed by atoms with van der Waals surface area (Å²) >= 11 is 0. The standard InChI is InChI=1S/C38H23N7O2/c46-36-27-20-10-12-22-29(27)39-34-37(47)43(26-18-8-3-9-19-26)31-28-21-11-13-23-30(28)44(35(31)45(34)36)38-41-32(24-14-4-1-5-15-24)40-33(42-38)25-16-6-2-7-17-25/h1-23H. The lowest BCUT2D eigenvalue weighted by molar-refractivity contribution is 0.913. The van der Waals surface area contributed by atoms with Gasteiger partial charge in [0.2, 0.25) is 11.6 Å². The number of hydrogen-bond donors (Lipinski definition) is 0. The molecular weight excluding hydrogens is 586 g/mol. The van der Waals surface area contributed by atoms with Gasteiger partial charge in [0.25, 0.3) is 11.1 Å². The molecule has 47 heavy (non-hydrogen) atoms. The second-order valence-corrected chi connectivity index (χ2v) is 11.1. The molecule has 4 heterocycles. The Balaban J connectivity index is 1.53. The molecule has 0 aliphatic heterocycles. The average molecular weight is 610 g/mol. The Kier molecular flexibility index (Phi) is 5.91. The van der Waals surface area contributed by atoms with Gasteiger partial charge in [0.15, 0.2) is 17.3 Å². The summed E-state index contributed by atoms with van der Waals surface area (Å²) in [6.45, 7) is 0. The van der Waals surface area contributed by atoms with E-state index in [1.54, 1.807) is 28.8 Å². The molecule has 0 radical (unpaired) electrons. The van der Waals surface area contributed by atoms with Crippen molar-refractivity contribution in [2.45, 2.75) is 0 Å². The lowest BCUT2D eigenvalue weighted by atomic mass is 10.2. The van der Waals surface area contributed by atoms with Crippen LogP contribution in [0.15, 0.2) is 149 Å². The van der Waals surface area contributed by atoms with Crippen molar-refractivity contribution in [1.29, 1.82) is 0 Å². The zero-order chi connectivity index (χ0) is 31.5. The third kappa shape index (κ3) is 4.10. The highest BCUT2D eigenvalue weighted by atomic mass is 16.1. The Morgan fingerprint density at radius 3 is 1.68 bits per heavy atom. The van der Waals surface area contributed by atoms with E-state index in [9.17, 15) is 9.59 Å². The number of rotatable bonds is 4. The minimum absolute atomic E-state index is 0.00488. The van der Waals surface area contributed by atoms with E-state index < -0.39 is 5.56 Å². The van der Waals surface area contributed by atoms with Gasteiger partial charge < -0.3 is 0 Å². The average Bonchev–Trinajstić information content (AvgIpc) is 3.47. The third-order valence-corrected chi connectivity index (χ3v) is 8.33. The maximum Gasteiger partial charge on any atom is 0.299 e. The zero-order valence-electron chi connectivity index (χ0n) is 24.7. The maximum atomic E-state index is 14.5. The van der Waals surface area contributed by atoms with Gasteiger partial charge in [0, 0.05) is 22.2 Å². The van der Waals surface area contributed by atoms with E-state index in [-0.39, 0.29) is 11.2 Å². The van der Waals surface area contributed by atoms with Crippen molar-refractivity contribution in [2.75, 3.05) is 0 Å². The molecule has 9 nitrogen and oxygen atoms in total. The molecule has 4 aromatic heterocycles. The lowest BCUT2D eigenvalue weighted by Gasteiger charge is -2.14. The van der Waals surface area contributed by atoms with Crippen molar-refractivity contribution in [1.82, 2.24) is 33.5 Å². The molecule has 0 bridgehead atoms. The van der Waals surface area contributed by atoms with Crippen LogP contribution in [0.25, 0.3) is 73.0 Å². The Morgan fingerprint density at radius 1 is 0.468 bits per heavy atom. The monoisotopic (exact) mass is 609 g/mol. The van der Waals surface area contributed by atoms with E-state index in [1.165, 1.54) is 4.40 Å². The van der Waals surface area contributed by atoms with Crippen molar-refractivity contribution in [3.8, 4) is 34.4 Å². The Labute approximate surface area is 266 Å². The van der Waals surface area contributed by atoms with E-state index >= 15 is 0 Å². The van der Waals surface area contributed by atoms with E-state index in [0.29, 0.717) is 50.9 Å². The number of benzene rings is 5. The molecule has 0 spiro atoms. The SMILES string of the molecule is O=c1c2nc3ccccc3c(=O)n2c2c(c3ccccc3n2-c2nc(-c3ccccc3)nc(-c3ccccc3)n2)n1-c1ccccc1. The molecule has 0 saturated carbocycles. The summed E-state index contributed by atoms with van der Waals surface area (Å²) in [5.41, 5.74) is 3.57. The first-order valence-corrected chi connectivity index (χ1v) is 15.1. The molecule has 0 aliphatic carbocycles. The van der Waals surface area contributed by atoms with Crippen LogP contribution in [0.5, 0.6) is 0 Å². The van der Waals surface area contributed by atoms with E-state index in [0.717, 1.165) is 16.5 Å². The summed E-state index contributed by atoms with van der Waals surface area (Å²) in [6, 6.07) is 43.6. The molecular formula is C38H23N7O2. The van der Waals surface area contributed by atoms with Gasteiger partial charge in [-0.1, -0.05) is 109 Å². The first-order valence-electron chi connectivity index (χ1n) is 15.1. The molecule has 0 N–H and O–H groups in total. The highest BCUT2D eigenvalue weighted by Crippen LogP contribution is 2.33. The van der Waals surface area contributed by atoms with Crippen LogP contribution in [-0.2, 0) is 0 Å². The molecule has 9 heteroatoms. The summed E-state index contributed by atoms with van der Waals surface area (Å²) in [5, 5.41) is 1.14. The highest BCUT2D eigenvalue weighted by molar-refractivity contribution is 6.07. The van der Waals surface area contributed by atoms with Crippen molar-refractivity contribution in [2.24, 2.45) is 0 Å². The predicted octanol–water partition coefficient (Wildman–Crippen LogP) is 6.61. The minimum Gasteiger partial charge on any atom is -0.270 e. The summed E-state index contributed by atoms with van der Waals surface area (Å²) in [5.74, 6) is 1.23. The fraction of sp³-hybridized carbons (Fsp3) is 0. The third-order valence-electron chi connectivity index (χ3n) is 8.33. The van der Waals surface area contributed by atoms with Crippen LogP contribution in [0.1, 0.15) is 0 Å². The lowest BCUT2D eigenvalue weighted by Crippen LogP contribution is -2.29. The van der Waals surface area contributed by atoms with Crippen molar-refractivity contribution < 1.29 is 0 Å². The fourth-order valence-electron chi connectivity index (χ4n) is 6.23. The van der Waals surface area contributed by atoms with Crippen LogP contribution < -0.4 is 11.1 Å². The van der Waals surface area contributed by atoms with E-state index in [1.807, 2.05) is 120 Å². The molecule has 0 fully saturated rings. The second kappa shape index (κ2) is 10.4. The molecule has 0 aliphatic rings. The summed E-state index contributed by atoms with van der Waals surface area (Å²) in [6.07, 6.45) is 0. The second-order valence-electron chi connectivity index (χ2n) is 11.1. The van der Waals surface area contributed by atoms with Gasteiger partial charge in [-0.2, -0.15) is 9.97 Å². The van der Waals surface area contributed by atoms with Crippen molar-refractivity contribution in [3.63, 3.8) is 0 Å². The fourth-order valence-corrected chi connectivity index (χ4v) is 6.23. The summed E-state index contributed by atoms with van der Waals surface area (Å²) in [4.78, 5) is 48.6. The van der Waals surface area contributed by atoms with Gasteiger partial charge in [0.1, 0.15) is 5.52 Å². The van der Waals surface area contributed by atoms with Gasteiger partial charge >= 0.3 is 0 Å². The van der Waals surface area contributed by atoms with Crippen LogP contribution in [0.3, 0.4) is 0 Å². The molecule has 0 atom stereocenters. The smallest absolute Gasteiger partial charge is 0.270 e. The van der Waals surface area contributed by atoms with Gasteiger partial charge in [-0.15, -0.1) is 0 Å². The molecule has 0 unspecified atom stereocenters. The van der Waals surface area contributed by atoms with Crippen LogP contribution >= 0.6 is 0 Å². The molecule has 222 valence electrons. The minimum atomic E-state index is -0.417. The van der Waals surface area contributed by atoms with E-state index in [4.69, 9.17) is 19.9 Å². The van der Waals surface area contributed by atoms with Crippen LogP contribution in [0.4, 0.5) is 0 Å². The largest absolute Gasteiger partial charge is 0.299 e. The molecule has 9 rings (SSSR count). The first-order chi connectivity index (χ1) is 23.2. The van der Waals surface area contributed by atoms with Crippen molar-refractivity contribution >= 4 is 38.6 Å². The van der Waals surface area contributed by atoms with Crippen LogP contribution in [0.2, 0.25) is 0 Å². The molecule has 0 amide bonds. The normalized spacial score (nSPS) is 11.6. The van der Waals surface area contributed by atoms with Crippen LogP contribution in [0, 0.1) is 0 Å². The number of hydrogen-bond acceptors (Lipinski definition) is 6. The summed E-state index contributed by atoms with van der Waals surface area (Å²) < 4.78 is 4.88. The maximum absolute atomic E-state index is 14.5. The number of nitrogens with zero attached hydrogens (tertiary/aromatic N) is 7. The molecule has 0 saturated heterocycles. The van der Waals surface area contributed by atoms with Gasteiger partial charge in [-0.25, -0.2) is 14.4 Å². The van der Waals surface area contributed by atoms with Crippen molar-refractivity contribution in [3.05, 3.63) is 160 Å². The molecule has 9 aromatic rings. The first kappa shape index (κ1) is 26.6. The quantitative estimate of drug-likeness (QED) is 0.208. The number of para-hydroxylation sites is 3. The van der Waals surface area contributed by atoms with Gasteiger partial charge in [-0.05, 0) is 30.3 Å². The predicted molar refractivity (Wildman–Crippen MR) is 183 cm³/mol. The topological polar surface area (TPSA) is 100.0 Å². The number of fused-ring (bicyclic) bond motifs is 6.